The van der Waals surface area contributed by atoms with Crippen molar-refractivity contribution in [2.45, 2.75) is 17.5 Å². The van der Waals surface area contributed by atoms with Gasteiger partial charge < -0.3 is 9.47 Å². The Balaban J connectivity index is 1.59. The molecular formula is C23H19FN4O4S. The second-order valence-corrected chi connectivity index (χ2v) is 7.81. The van der Waals surface area contributed by atoms with E-state index in [1.54, 1.807) is 66.3 Å². The molecule has 0 aliphatic rings. The van der Waals surface area contributed by atoms with Crippen LogP contribution < -0.4 is 9.47 Å². The molecule has 1 aromatic heterocycles. The van der Waals surface area contributed by atoms with Gasteiger partial charge in [-0.15, -0.1) is 10.2 Å². The van der Waals surface area contributed by atoms with Gasteiger partial charge in [0.05, 0.1) is 17.7 Å². The fraction of sp³-hybridized carbons (Fsp3) is 0.130. The number of para-hydroxylation sites is 1. The first-order valence-electron chi connectivity index (χ1n) is 9.87. The van der Waals surface area contributed by atoms with Crippen molar-refractivity contribution in [1.29, 1.82) is 0 Å². The molecule has 0 atom stereocenters. The Bertz CT molecular complexity index is 1260. The van der Waals surface area contributed by atoms with E-state index >= 15 is 0 Å². The number of rotatable bonds is 9. The van der Waals surface area contributed by atoms with E-state index in [4.69, 9.17) is 9.47 Å². The highest BCUT2D eigenvalue weighted by molar-refractivity contribution is 7.98. The minimum absolute atomic E-state index is 0.0113. The molecule has 0 spiro atoms. The summed E-state index contributed by atoms with van der Waals surface area (Å²) in [6.07, 6.45) is 0. The van der Waals surface area contributed by atoms with Gasteiger partial charge in [0.2, 0.25) is 0 Å². The summed E-state index contributed by atoms with van der Waals surface area (Å²) in [5.41, 5.74) is 1.04. The minimum Gasteiger partial charge on any atom is -0.497 e. The number of hydrogen-bond donors (Lipinski definition) is 0. The summed E-state index contributed by atoms with van der Waals surface area (Å²) in [6, 6.07) is 19.8. The summed E-state index contributed by atoms with van der Waals surface area (Å²) in [5, 5.41) is 19.9. The van der Waals surface area contributed by atoms with Crippen molar-refractivity contribution in [3.8, 4) is 17.2 Å². The van der Waals surface area contributed by atoms with Crippen molar-refractivity contribution in [2.24, 2.45) is 0 Å². The number of non-ortho nitro benzene ring substituents is 1. The van der Waals surface area contributed by atoms with Gasteiger partial charge in [-0.1, -0.05) is 36.0 Å². The minimum atomic E-state index is -0.440. The Hall–Kier alpha value is -3.92. The van der Waals surface area contributed by atoms with Crippen LogP contribution in [-0.4, -0.2) is 26.8 Å². The Morgan fingerprint density at radius 1 is 1.03 bits per heavy atom. The maximum atomic E-state index is 14.6. The Morgan fingerprint density at radius 3 is 2.52 bits per heavy atom. The van der Waals surface area contributed by atoms with E-state index < -0.39 is 10.7 Å². The van der Waals surface area contributed by atoms with Crippen molar-refractivity contribution in [1.82, 2.24) is 14.8 Å². The van der Waals surface area contributed by atoms with Gasteiger partial charge >= 0.3 is 0 Å². The third kappa shape index (κ3) is 5.29. The molecule has 10 heteroatoms. The Morgan fingerprint density at radius 2 is 1.79 bits per heavy atom. The summed E-state index contributed by atoms with van der Waals surface area (Å²) in [6.45, 7) is 0.0605. The predicted octanol–water partition coefficient (Wildman–Crippen LogP) is 5.19. The number of nitrogens with zero attached hydrogens (tertiary/aromatic N) is 4. The second-order valence-electron chi connectivity index (χ2n) is 6.87. The van der Waals surface area contributed by atoms with E-state index in [1.165, 1.54) is 30.0 Å². The summed E-state index contributed by atoms with van der Waals surface area (Å²) in [7, 11) is 1.58. The fourth-order valence-electron chi connectivity index (χ4n) is 3.09. The molecule has 0 aliphatic heterocycles. The average Bonchev–Trinajstić information content (AvgIpc) is 3.24. The van der Waals surface area contributed by atoms with E-state index in [-0.39, 0.29) is 18.0 Å². The van der Waals surface area contributed by atoms with Crippen LogP contribution in [0.2, 0.25) is 0 Å². The van der Waals surface area contributed by atoms with Gasteiger partial charge in [-0.25, -0.2) is 4.39 Å². The van der Waals surface area contributed by atoms with Gasteiger partial charge in [0.15, 0.2) is 11.0 Å². The molecule has 4 aromatic rings. The van der Waals surface area contributed by atoms with E-state index in [0.717, 1.165) is 5.56 Å². The van der Waals surface area contributed by atoms with Crippen molar-refractivity contribution in [3.05, 3.63) is 100 Å². The fourth-order valence-corrected chi connectivity index (χ4v) is 4.00. The van der Waals surface area contributed by atoms with Crippen LogP contribution in [0.1, 0.15) is 11.4 Å². The zero-order valence-corrected chi connectivity index (χ0v) is 18.4. The van der Waals surface area contributed by atoms with Crippen molar-refractivity contribution in [2.75, 3.05) is 7.11 Å². The molecule has 33 heavy (non-hydrogen) atoms. The lowest BCUT2D eigenvalue weighted by Crippen LogP contribution is -2.08. The van der Waals surface area contributed by atoms with Gasteiger partial charge in [0.1, 0.15) is 23.9 Å². The smallest absolute Gasteiger partial charge is 0.269 e. The van der Waals surface area contributed by atoms with Crippen LogP contribution in [0.25, 0.3) is 5.69 Å². The molecule has 0 amide bonds. The normalized spacial score (nSPS) is 10.7. The number of thioether (sulfide) groups is 1. The lowest BCUT2D eigenvalue weighted by molar-refractivity contribution is -0.384. The van der Waals surface area contributed by atoms with Crippen LogP contribution in [-0.2, 0) is 12.4 Å². The number of methoxy groups -OCH3 is 1. The monoisotopic (exact) mass is 466 g/mol. The van der Waals surface area contributed by atoms with Crippen LogP contribution in [0.15, 0.2) is 78.0 Å². The molecule has 168 valence electrons. The third-order valence-corrected chi connectivity index (χ3v) is 5.71. The molecule has 0 radical (unpaired) electrons. The molecule has 0 saturated heterocycles. The lowest BCUT2D eigenvalue weighted by atomic mass is 10.2. The quantitative estimate of drug-likeness (QED) is 0.190. The number of hydrogen-bond acceptors (Lipinski definition) is 7. The number of ether oxygens (including phenoxy) is 2. The molecule has 1 heterocycles. The molecule has 0 aliphatic carbocycles. The molecule has 0 N–H and O–H groups in total. The second kappa shape index (κ2) is 10.1. The topological polar surface area (TPSA) is 92.3 Å². The zero-order valence-electron chi connectivity index (χ0n) is 17.6. The average molecular weight is 466 g/mol. The Kier molecular flexibility index (Phi) is 6.84. The highest BCUT2D eigenvalue weighted by Crippen LogP contribution is 2.28. The van der Waals surface area contributed by atoms with Crippen LogP contribution >= 0.6 is 11.8 Å². The molecule has 3 aromatic carbocycles. The third-order valence-electron chi connectivity index (χ3n) is 4.71. The van der Waals surface area contributed by atoms with Crippen LogP contribution in [0.3, 0.4) is 0 Å². The van der Waals surface area contributed by atoms with E-state index in [1.807, 2.05) is 0 Å². The molecule has 0 unspecified atom stereocenters. The van der Waals surface area contributed by atoms with Crippen LogP contribution in [0, 0.1) is 15.9 Å². The van der Waals surface area contributed by atoms with Gasteiger partial charge in [0, 0.05) is 17.9 Å². The standard InChI is InChI=1S/C23H19FN4O4S/c1-31-18-9-11-19(12-10-18)32-14-22-25-26-23(27(22)21-8-3-2-7-20(21)24)33-15-16-5-4-6-17(13-16)28(29)30/h2-13H,14-15H2,1H3. The number of nitro groups is 1. The summed E-state index contributed by atoms with van der Waals surface area (Å²) in [5.74, 6) is 1.69. The van der Waals surface area contributed by atoms with E-state index in [2.05, 4.69) is 10.2 Å². The van der Waals surface area contributed by atoms with Crippen LogP contribution in [0.4, 0.5) is 10.1 Å². The van der Waals surface area contributed by atoms with E-state index in [0.29, 0.717) is 28.2 Å². The van der Waals surface area contributed by atoms with Gasteiger partial charge in [-0.3, -0.25) is 14.7 Å². The molecule has 0 bridgehead atoms. The first-order chi connectivity index (χ1) is 16.0. The largest absolute Gasteiger partial charge is 0.497 e. The number of aromatic nitrogens is 3. The maximum absolute atomic E-state index is 14.6. The van der Waals surface area contributed by atoms with Crippen molar-refractivity contribution >= 4 is 17.4 Å². The number of benzene rings is 3. The van der Waals surface area contributed by atoms with Crippen molar-refractivity contribution in [3.63, 3.8) is 0 Å². The van der Waals surface area contributed by atoms with E-state index in [9.17, 15) is 14.5 Å². The van der Waals surface area contributed by atoms with Gasteiger partial charge in [-0.2, -0.15) is 0 Å². The SMILES string of the molecule is COc1ccc(OCc2nnc(SCc3cccc([N+](=O)[O-])c3)n2-c2ccccc2F)cc1. The zero-order chi connectivity index (χ0) is 23.2. The summed E-state index contributed by atoms with van der Waals surface area (Å²) >= 11 is 1.30. The highest BCUT2D eigenvalue weighted by Gasteiger charge is 2.18. The molecular weight excluding hydrogens is 447 g/mol. The number of halogens is 1. The van der Waals surface area contributed by atoms with Crippen LogP contribution in [0.5, 0.6) is 11.5 Å². The summed E-state index contributed by atoms with van der Waals surface area (Å²) < 4.78 is 27.2. The Labute approximate surface area is 193 Å². The molecule has 0 fully saturated rings. The van der Waals surface area contributed by atoms with Crippen molar-refractivity contribution < 1.29 is 18.8 Å². The maximum Gasteiger partial charge on any atom is 0.269 e. The predicted molar refractivity (Wildman–Crippen MR) is 121 cm³/mol. The molecule has 4 rings (SSSR count). The van der Waals surface area contributed by atoms with Gasteiger partial charge in [-0.05, 0) is 42.0 Å². The lowest BCUT2D eigenvalue weighted by Gasteiger charge is -2.12. The molecule has 8 nitrogen and oxygen atoms in total. The highest BCUT2D eigenvalue weighted by atomic mass is 32.2. The molecule has 0 saturated carbocycles. The first-order valence-corrected chi connectivity index (χ1v) is 10.9. The van der Waals surface area contributed by atoms with Gasteiger partial charge in [0.25, 0.3) is 5.69 Å². The first kappa shape index (κ1) is 22.3. The summed E-state index contributed by atoms with van der Waals surface area (Å²) in [4.78, 5) is 10.6. The number of nitro benzene ring substituents is 1.